The zero-order chi connectivity index (χ0) is 16.4. The molecule has 1 fully saturated rings. The molecule has 0 aliphatic carbocycles. The number of hydrogen-bond acceptors (Lipinski definition) is 4. The minimum absolute atomic E-state index is 0.0276. The molecular formula is C15H20BrNO4S. The third-order valence-electron chi connectivity index (χ3n) is 3.80. The Morgan fingerprint density at radius 3 is 2.73 bits per heavy atom. The number of amides is 1. The molecule has 1 aromatic rings. The molecule has 0 radical (unpaired) electrons. The van der Waals surface area contributed by atoms with Crippen molar-refractivity contribution in [3.8, 4) is 5.75 Å². The summed E-state index contributed by atoms with van der Waals surface area (Å²) < 4.78 is 29.1. The van der Waals surface area contributed by atoms with E-state index in [1.807, 2.05) is 18.2 Å². The van der Waals surface area contributed by atoms with Gasteiger partial charge < -0.3 is 10.1 Å². The second-order valence-electron chi connectivity index (χ2n) is 5.92. The van der Waals surface area contributed by atoms with Gasteiger partial charge in [-0.05, 0) is 53.4 Å². The van der Waals surface area contributed by atoms with Gasteiger partial charge >= 0.3 is 0 Å². The van der Waals surface area contributed by atoms with Gasteiger partial charge in [0.25, 0.3) is 0 Å². The summed E-state index contributed by atoms with van der Waals surface area (Å²) in [6.07, 6.45) is 1.40. The predicted octanol–water partition coefficient (Wildman–Crippen LogP) is 2.08. The number of sulfone groups is 1. The van der Waals surface area contributed by atoms with Gasteiger partial charge in [0.15, 0.2) is 9.84 Å². The van der Waals surface area contributed by atoms with Crippen LogP contribution in [0.4, 0.5) is 0 Å². The number of rotatable bonds is 5. The average Bonchev–Trinajstić information content (AvgIpc) is 2.70. The van der Waals surface area contributed by atoms with E-state index >= 15 is 0 Å². The van der Waals surface area contributed by atoms with E-state index in [4.69, 9.17) is 4.74 Å². The molecule has 1 atom stereocenters. The van der Waals surface area contributed by atoms with Crippen LogP contribution in [-0.2, 0) is 21.1 Å². The smallest absolute Gasteiger partial charge is 0.220 e. The molecule has 0 bridgehead atoms. The number of aryl methyl sites for hydroxylation is 1. The summed E-state index contributed by atoms with van der Waals surface area (Å²) in [5.41, 5.74) is 0.392. The summed E-state index contributed by atoms with van der Waals surface area (Å²) in [7, 11) is -1.41. The van der Waals surface area contributed by atoms with Crippen molar-refractivity contribution in [2.24, 2.45) is 0 Å². The largest absolute Gasteiger partial charge is 0.496 e. The number of benzene rings is 1. The van der Waals surface area contributed by atoms with Gasteiger partial charge in [-0.2, -0.15) is 0 Å². The molecule has 1 unspecified atom stereocenters. The first-order valence-electron chi connectivity index (χ1n) is 7.07. The fourth-order valence-corrected chi connectivity index (χ4v) is 5.31. The summed E-state index contributed by atoms with van der Waals surface area (Å²) in [6.45, 7) is 1.79. The Morgan fingerprint density at radius 1 is 1.45 bits per heavy atom. The number of ether oxygens (including phenoxy) is 1. The van der Waals surface area contributed by atoms with E-state index in [1.165, 1.54) is 0 Å². The van der Waals surface area contributed by atoms with E-state index in [2.05, 4.69) is 21.2 Å². The highest BCUT2D eigenvalue weighted by Gasteiger charge is 2.39. The van der Waals surface area contributed by atoms with Gasteiger partial charge in [0.2, 0.25) is 5.91 Å². The number of carbonyl (C=O) groups is 1. The minimum atomic E-state index is -3.01. The standard InChI is InChI=1S/C15H20BrNO4S/c1-15(7-8-22(19,20)10-15)17-14(18)6-4-11-3-5-13(21-2)12(16)9-11/h3,5,9H,4,6-8,10H2,1-2H3,(H,17,18). The topological polar surface area (TPSA) is 72.5 Å². The predicted molar refractivity (Wildman–Crippen MR) is 88.8 cm³/mol. The normalized spacial score (nSPS) is 23.2. The van der Waals surface area contributed by atoms with Crippen LogP contribution >= 0.6 is 15.9 Å². The lowest BCUT2D eigenvalue weighted by Crippen LogP contribution is -2.47. The van der Waals surface area contributed by atoms with Crippen molar-refractivity contribution in [3.05, 3.63) is 28.2 Å². The Kier molecular flexibility index (Phi) is 5.17. The summed E-state index contributed by atoms with van der Waals surface area (Å²) in [6, 6.07) is 5.69. The average molecular weight is 390 g/mol. The van der Waals surface area contributed by atoms with E-state index < -0.39 is 15.4 Å². The van der Waals surface area contributed by atoms with Crippen molar-refractivity contribution >= 4 is 31.7 Å². The monoisotopic (exact) mass is 389 g/mol. The lowest BCUT2D eigenvalue weighted by atomic mass is 10.0. The van der Waals surface area contributed by atoms with Gasteiger partial charge in [-0.1, -0.05) is 6.07 Å². The van der Waals surface area contributed by atoms with Gasteiger partial charge in [0, 0.05) is 6.42 Å². The quantitative estimate of drug-likeness (QED) is 0.836. The Labute approximate surface area is 139 Å². The van der Waals surface area contributed by atoms with Crippen molar-refractivity contribution in [2.75, 3.05) is 18.6 Å². The fourth-order valence-electron chi connectivity index (χ4n) is 2.63. The molecule has 7 heteroatoms. The highest BCUT2D eigenvalue weighted by Crippen LogP contribution is 2.26. The number of carbonyl (C=O) groups excluding carboxylic acids is 1. The molecule has 0 spiro atoms. The Balaban J connectivity index is 1.89. The van der Waals surface area contributed by atoms with Crippen LogP contribution in [0.2, 0.25) is 0 Å². The van der Waals surface area contributed by atoms with Crippen LogP contribution in [0.25, 0.3) is 0 Å². The van der Waals surface area contributed by atoms with Crippen LogP contribution < -0.4 is 10.1 Å². The second kappa shape index (κ2) is 6.58. The second-order valence-corrected chi connectivity index (χ2v) is 8.96. The van der Waals surface area contributed by atoms with Crippen LogP contribution in [0.5, 0.6) is 5.75 Å². The molecule has 1 N–H and O–H groups in total. The minimum Gasteiger partial charge on any atom is -0.496 e. The zero-order valence-corrected chi connectivity index (χ0v) is 15.1. The van der Waals surface area contributed by atoms with E-state index in [0.29, 0.717) is 19.3 Å². The number of hydrogen-bond donors (Lipinski definition) is 1. The molecule has 1 aliphatic rings. The highest BCUT2D eigenvalue weighted by molar-refractivity contribution is 9.10. The molecule has 0 saturated carbocycles. The first-order valence-corrected chi connectivity index (χ1v) is 9.68. The Bertz CT molecular complexity index is 674. The molecule has 122 valence electrons. The zero-order valence-electron chi connectivity index (χ0n) is 12.7. The molecule has 1 amide bonds. The molecule has 22 heavy (non-hydrogen) atoms. The third kappa shape index (κ3) is 4.46. The van der Waals surface area contributed by atoms with Gasteiger partial charge in [-0.25, -0.2) is 8.42 Å². The number of halogens is 1. The van der Waals surface area contributed by atoms with Crippen molar-refractivity contribution in [3.63, 3.8) is 0 Å². The SMILES string of the molecule is COc1ccc(CCC(=O)NC2(C)CCS(=O)(=O)C2)cc1Br. The number of methoxy groups -OCH3 is 1. The summed E-state index contributed by atoms with van der Waals surface area (Å²) in [5, 5.41) is 2.86. The summed E-state index contributed by atoms with van der Waals surface area (Å²) >= 11 is 3.41. The van der Waals surface area contributed by atoms with Crippen molar-refractivity contribution in [1.82, 2.24) is 5.32 Å². The first kappa shape index (κ1) is 17.3. The van der Waals surface area contributed by atoms with E-state index in [-0.39, 0.29) is 17.4 Å². The van der Waals surface area contributed by atoms with Crippen molar-refractivity contribution in [1.29, 1.82) is 0 Å². The molecule has 1 aliphatic heterocycles. The molecule has 0 aromatic heterocycles. The van der Waals surface area contributed by atoms with Gasteiger partial charge in [0.05, 0.1) is 28.6 Å². The number of nitrogens with one attached hydrogen (secondary N) is 1. The van der Waals surface area contributed by atoms with Crippen molar-refractivity contribution < 1.29 is 17.9 Å². The summed E-state index contributed by atoms with van der Waals surface area (Å²) in [5.74, 6) is 0.804. The van der Waals surface area contributed by atoms with Crippen LogP contribution in [-0.4, -0.2) is 38.5 Å². The van der Waals surface area contributed by atoms with Crippen LogP contribution in [0.15, 0.2) is 22.7 Å². The maximum absolute atomic E-state index is 12.1. The Morgan fingerprint density at radius 2 is 2.18 bits per heavy atom. The van der Waals surface area contributed by atoms with Gasteiger partial charge in [-0.3, -0.25) is 4.79 Å². The van der Waals surface area contributed by atoms with Crippen molar-refractivity contribution in [2.45, 2.75) is 31.7 Å². The van der Waals surface area contributed by atoms with E-state index in [1.54, 1.807) is 14.0 Å². The van der Waals surface area contributed by atoms with E-state index in [9.17, 15) is 13.2 Å². The van der Waals surface area contributed by atoms with Crippen LogP contribution in [0.3, 0.4) is 0 Å². The lowest BCUT2D eigenvalue weighted by molar-refractivity contribution is -0.122. The maximum atomic E-state index is 12.1. The molecule has 5 nitrogen and oxygen atoms in total. The third-order valence-corrected chi connectivity index (χ3v) is 6.32. The maximum Gasteiger partial charge on any atom is 0.220 e. The molecule has 1 heterocycles. The van der Waals surface area contributed by atoms with Crippen LogP contribution in [0.1, 0.15) is 25.3 Å². The fraction of sp³-hybridized carbons (Fsp3) is 0.533. The molecule has 1 saturated heterocycles. The van der Waals surface area contributed by atoms with Gasteiger partial charge in [-0.15, -0.1) is 0 Å². The molecule has 2 rings (SSSR count). The Hall–Kier alpha value is -1.08. The van der Waals surface area contributed by atoms with E-state index in [0.717, 1.165) is 15.8 Å². The van der Waals surface area contributed by atoms with Crippen LogP contribution in [0, 0.1) is 0 Å². The highest BCUT2D eigenvalue weighted by atomic mass is 79.9. The lowest BCUT2D eigenvalue weighted by Gasteiger charge is -2.23. The summed E-state index contributed by atoms with van der Waals surface area (Å²) in [4.78, 5) is 12.1. The molecular weight excluding hydrogens is 370 g/mol. The van der Waals surface area contributed by atoms with Gasteiger partial charge in [0.1, 0.15) is 5.75 Å². The molecule has 1 aromatic carbocycles. The first-order chi connectivity index (χ1) is 10.2.